The van der Waals surface area contributed by atoms with Gasteiger partial charge in [-0.3, -0.25) is 9.10 Å². The van der Waals surface area contributed by atoms with E-state index in [2.05, 4.69) is 0 Å². The standard InChI is InChI=1S/C24H25FN2O3S/c1-18-4-8-20(9-5-18)16-26(3)24(28)17-27(22-12-6-19(2)7-13-22)31(29,30)23-14-10-21(25)11-15-23/h4-15H,16-17H2,1-3H3. The van der Waals surface area contributed by atoms with Crippen LogP contribution in [0.4, 0.5) is 10.1 Å². The van der Waals surface area contributed by atoms with Crippen molar-refractivity contribution in [3.8, 4) is 0 Å². The second kappa shape index (κ2) is 9.31. The summed E-state index contributed by atoms with van der Waals surface area (Å²) in [5.74, 6) is -0.887. The Kier molecular flexibility index (Phi) is 6.75. The van der Waals surface area contributed by atoms with Gasteiger partial charge in [0.1, 0.15) is 12.4 Å². The van der Waals surface area contributed by atoms with Crippen molar-refractivity contribution < 1.29 is 17.6 Å². The lowest BCUT2D eigenvalue weighted by molar-refractivity contribution is -0.128. The average Bonchev–Trinajstić information content (AvgIpc) is 2.74. The zero-order valence-electron chi connectivity index (χ0n) is 17.7. The minimum Gasteiger partial charge on any atom is -0.340 e. The number of anilines is 1. The van der Waals surface area contributed by atoms with Gasteiger partial charge < -0.3 is 4.90 Å². The molecule has 0 aromatic heterocycles. The van der Waals surface area contributed by atoms with Crippen LogP contribution in [0.15, 0.2) is 77.7 Å². The second-order valence-corrected chi connectivity index (χ2v) is 9.40. The second-order valence-electron chi connectivity index (χ2n) is 7.54. The number of likely N-dealkylation sites (N-methyl/N-ethyl adjacent to an activating group) is 1. The Bertz CT molecular complexity index is 1140. The van der Waals surface area contributed by atoms with Crippen molar-refractivity contribution in [2.75, 3.05) is 17.9 Å². The van der Waals surface area contributed by atoms with Gasteiger partial charge in [0.25, 0.3) is 10.0 Å². The fourth-order valence-corrected chi connectivity index (χ4v) is 4.47. The summed E-state index contributed by atoms with van der Waals surface area (Å²) >= 11 is 0. The molecule has 0 saturated carbocycles. The van der Waals surface area contributed by atoms with Crippen molar-refractivity contribution in [2.45, 2.75) is 25.3 Å². The van der Waals surface area contributed by atoms with Gasteiger partial charge >= 0.3 is 0 Å². The number of carbonyl (C=O) groups excluding carboxylic acids is 1. The number of hydrogen-bond acceptors (Lipinski definition) is 3. The van der Waals surface area contributed by atoms with E-state index >= 15 is 0 Å². The summed E-state index contributed by atoms with van der Waals surface area (Å²) < 4.78 is 41.0. The molecule has 0 atom stereocenters. The number of sulfonamides is 1. The van der Waals surface area contributed by atoms with Crippen LogP contribution in [-0.2, 0) is 21.4 Å². The van der Waals surface area contributed by atoms with E-state index in [1.165, 1.54) is 17.0 Å². The van der Waals surface area contributed by atoms with Crippen LogP contribution in [-0.4, -0.2) is 32.8 Å². The van der Waals surface area contributed by atoms with Crippen molar-refractivity contribution in [3.05, 3.63) is 95.3 Å². The number of nitrogens with zero attached hydrogens (tertiary/aromatic N) is 2. The maximum absolute atomic E-state index is 13.3. The molecule has 0 N–H and O–H groups in total. The molecule has 0 bridgehead atoms. The highest BCUT2D eigenvalue weighted by Gasteiger charge is 2.28. The summed E-state index contributed by atoms with van der Waals surface area (Å²) in [5.41, 5.74) is 3.40. The molecule has 1 amide bonds. The molecule has 0 fully saturated rings. The van der Waals surface area contributed by atoms with Gasteiger partial charge in [0.15, 0.2) is 0 Å². The Morgan fingerprint density at radius 2 is 1.35 bits per heavy atom. The molecule has 0 saturated heterocycles. The van der Waals surface area contributed by atoms with Crippen molar-refractivity contribution in [3.63, 3.8) is 0 Å². The topological polar surface area (TPSA) is 57.7 Å². The van der Waals surface area contributed by atoms with Crippen LogP contribution in [0.5, 0.6) is 0 Å². The first-order valence-corrected chi connectivity index (χ1v) is 11.3. The summed E-state index contributed by atoms with van der Waals surface area (Å²) in [6, 6.07) is 19.3. The van der Waals surface area contributed by atoms with E-state index in [1.807, 2.05) is 38.1 Å². The Morgan fingerprint density at radius 1 is 0.839 bits per heavy atom. The van der Waals surface area contributed by atoms with Crippen molar-refractivity contribution in [2.24, 2.45) is 0 Å². The fraction of sp³-hybridized carbons (Fsp3) is 0.208. The van der Waals surface area contributed by atoms with Gasteiger partial charge in [0, 0.05) is 13.6 Å². The van der Waals surface area contributed by atoms with Crippen LogP contribution in [0.2, 0.25) is 0 Å². The Labute approximate surface area is 182 Å². The molecule has 5 nitrogen and oxygen atoms in total. The third-order valence-electron chi connectivity index (χ3n) is 4.97. The summed E-state index contributed by atoms with van der Waals surface area (Å²) in [6.07, 6.45) is 0. The third kappa shape index (κ3) is 5.49. The molecule has 0 unspecified atom stereocenters. The highest BCUT2D eigenvalue weighted by Crippen LogP contribution is 2.24. The van der Waals surface area contributed by atoms with E-state index in [1.54, 1.807) is 31.3 Å². The molecule has 3 aromatic carbocycles. The lowest BCUT2D eigenvalue weighted by Gasteiger charge is -2.27. The monoisotopic (exact) mass is 440 g/mol. The normalized spacial score (nSPS) is 11.2. The summed E-state index contributed by atoms with van der Waals surface area (Å²) in [6.45, 7) is 3.87. The van der Waals surface area contributed by atoms with Gasteiger partial charge in [-0.05, 0) is 55.8 Å². The predicted octanol–water partition coefficient (Wildman–Crippen LogP) is 4.30. The summed E-state index contributed by atoms with van der Waals surface area (Å²) in [7, 11) is -2.43. The number of carbonyl (C=O) groups is 1. The van der Waals surface area contributed by atoms with Gasteiger partial charge in [-0.2, -0.15) is 0 Å². The minimum absolute atomic E-state index is 0.0801. The zero-order valence-corrected chi connectivity index (χ0v) is 18.6. The quantitative estimate of drug-likeness (QED) is 0.551. The Balaban J connectivity index is 1.89. The largest absolute Gasteiger partial charge is 0.340 e. The molecule has 0 aliphatic rings. The number of halogens is 1. The zero-order chi connectivity index (χ0) is 22.6. The van der Waals surface area contributed by atoms with Crippen molar-refractivity contribution in [1.82, 2.24) is 4.90 Å². The van der Waals surface area contributed by atoms with Gasteiger partial charge in [-0.15, -0.1) is 0 Å². The molecule has 7 heteroatoms. The molecule has 3 aromatic rings. The highest BCUT2D eigenvalue weighted by molar-refractivity contribution is 7.92. The number of aryl methyl sites for hydroxylation is 2. The third-order valence-corrected chi connectivity index (χ3v) is 6.76. The molecule has 0 radical (unpaired) electrons. The lowest BCUT2D eigenvalue weighted by atomic mass is 10.1. The van der Waals surface area contributed by atoms with Crippen molar-refractivity contribution in [1.29, 1.82) is 0 Å². The van der Waals surface area contributed by atoms with Crippen LogP contribution in [0.3, 0.4) is 0 Å². The SMILES string of the molecule is Cc1ccc(CN(C)C(=O)CN(c2ccc(C)cc2)S(=O)(=O)c2ccc(F)cc2)cc1. The predicted molar refractivity (Wildman–Crippen MR) is 120 cm³/mol. The molecular formula is C24H25FN2O3S. The molecule has 162 valence electrons. The average molecular weight is 441 g/mol. The number of amides is 1. The molecule has 0 spiro atoms. The molecule has 3 rings (SSSR count). The first kappa shape index (κ1) is 22.5. The summed E-state index contributed by atoms with van der Waals surface area (Å²) in [4.78, 5) is 14.4. The van der Waals surface area contributed by atoms with E-state index < -0.39 is 15.8 Å². The fourth-order valence-electron chi connectivity index (χ4n) is 3.06. The molecule has 0 aliphatic heterocycles. The maximum atomic E-state index is 13.3. The molecular weight excluding hydrogens is 415 g/mol. The van der Waals surface area contributed by atoms with Crippen LogP contribution in [0.1, 0.15) is 16.7 Å². The highest BCUT2D eigenvalue weighted by atomic mass is 32.2. The first-order chi connectivity index (χ1) is 14.7. The Hall–Kier alpha value is -3.19. The van der Waals surface area contributed by atoms with Crippen LogP contribution in [0, 0.1) is 19.7 Å². The van der Waals surface area contributed by atoms with Crippen LogP contribution >= 0.6 is 0 Å². The molecule has 0 aliphatic carbocycles. The van der Waals surface area contributed by atoms with E-state index in [-0.39, 0.29) is 17.3 Å². The van der Waals surface area contributed by atoms with Gasteiger partial charge in [-0.1, -0.05) is 47.5 Å². The van der Waals surface area contributed by atoms with Gasteiger partial charge in [-0.25, -0.2) is 12.8 Å². The smallest absolute Gasteiger partial charge is 0.264 e. The van der Waals surface area contributed by atoms with Crippen LogP contribution < -0.4 is 4.31 Å². The minimum atomic E-state index is -4.07. The van der Waals surface area contributed by atoms with Gasteiger partial charge in [0.2, 0.25) is 5.91 Å². The van der Waals surface area contributed by atoms with Crippen molar-refractivity contribution >= 4 is 21.6 Å². The summed E-state index contributed by atoms with van der Waals surface area (Å²) in [5, 5.41) is 0. The number of rotatable bonds is 7. The molecule has 31 heavy (non-hydrogen) atoms. The molecule has 0 heterocycles. The van der Waals surface area contributed by atoms with Gasteiger partial charge in [0.05, 0.1) is 10.6 Å². The van der Waals surface area contributed by atoms with E-state index in [4.69, 9.17) is 0 Å². The maximum Gasteiger partial charge on any atom is 0.264 e. The van der Waals surface area contributed by atoms with Crippen LogP contribution in [0.25, 0.3) is 0 Å². The Morgan fingerprint density at radius 3 is 1.90 bits per heavy atom. The van der Waals surface area contributed by atoms with E-state index in [0.29, 0.717) is 12.2 Å². The van der Waals surface area contributed by atoms with E-state index in [0.717, 1.165) is 33.1 Å². The first-order valence-electron chi connectivity index (χ1n) is 9.81. The van der Waals surface area contributed by atoms with E-state index in [9.17, 15) is 17.6 Å². The lowest BCUT2D eigenvalue weighted by Crippen LogP contribution is -2.41. The number of hydrogen-bond donors (Lipinski definition) is 0. The number of benzene rings is 3.